The number of fused-ring (bicyclic) bond motifs is 1. The van der Waals surface area contributed by atoms with E-state index in [4.69, 9.17) is 33.7 Å². The van der Waals surface area contributed by atoms with E-state index in [0.717, 1.165) is 11.3 Å². The summed E-state index contributed by atoms with van der Waals surface area (Å²) >= 11 is 14.1. The van der Waals surface area contributed by atoms with Crippen LogP contribution in [0.25, 0.3) is 17.5 Å². The Kier molecular flexibility index (Phi) is 7.93. The van der Waals surface area contributed by atoms with Crippen molar-refractivity contribution in [3.63, 3.8) is 0 Å². The van der Waals surface area contributed by atoms with E-state index in [1.54, 1.807) is 85.8 Å². The molecular formula is C30H23Cl2N3O4S. The van der Waals surface area contributed by atoms with Crippen molar-refractivity contribution >= 4 is 69.6 Å². The van der Waals surface area contributed by atoms with Gasteiger partial charge in [-0.3, -0.25) is 14.2 Å². The Morgan fingerprint density at radius 2 is 1.62 bits per heavy atom. The van der Waals surface area contributed by atoms with Gasteiger partial charge in [-0.25, -0.2) is 4.79 Å². The van der Waals surface area contributed by atoms with Crippen molar-refractivity contribution in [2.45, 2.75) is 12.8 Å². The van der Waals surface area contributed by atoms with E-state index in [9.17, 15) is 14.4 Å². The summed E-state index contributed by atoms with van der Waals surface area (Å²) in [4.78, 5) is 41.2. The lowest BCUT2D eigenvalue weighted by Crippen LogP contribution is -2.42. The van der Waals surface area contributed by atoms with Crippen LogP contribution in [0.4, 0.5) is 5.69 Å². The minimum Gasteiger partial charge on any atom is -0.463 e. The van der Waals surface area contributed by atoms with Gasteiger partial charge in [0.1, 0.15) is 10.5 Å². The molecule has 2 heterocycles. The minimum atomic E-state index is -1.01. The molecule has 0 fully saturated rings. The molecule has 4 aromatic rings. The van der Waals surface area contributed by atoms with Gasteiger partial charge in [0.25, 0.3) is 11.5 Å². The summed E-state index contributed by atoms with van der Waals surface area (Å²) < 4.78 is 7.10. The standard InChI is InChI=1S/C30H23Cl2N3O4S/c1-2-39-30(38)24-23(19-13-7-9-15-21(19)32)25(27(36)34-18-11-4-3-5-12-18)29-35(26(24)33)28(37)22(40-29)16-17-10-6-8-14-20(17)31/h3-16,23H,2,33H2,1H3,(H,34,36)/b22-16-. The largest absolute Gasteiger partial charge is 0.463 e. The van der Waals surface area contributed by atoms with Gasteiger partial charge >= 0.3 is 5.97 Å². The topological polar surface area (TPSA) is 103 Å². The number of carbonyl (C=O) groups excluding carboxylic acids is 2. The van der Waals surface area contributed by atoms with Gasteiger partial charge in [-0.15, -0.1) is 11.3 Å². The van der Waals surface area contributed by atoms with Crippen molar-refractivity contribution in [2.75, 3.05) is 11.9 Å². The van der Waals surface area contributed by atoms with Gasteiger partial charge in [0.15, 0.2) is 0 Å². The van der Waals surface area contributed by atoms with Crippen molar-refractivity contribution in [3.05, 3.63) is 125 Å². The normalized spacial score (nSPS) is 15.1. The van der Waals surface area contributed by atoms with Crippen molar-refractivity contribution < 1.29 is 14.3 Å². The fraction of sp³-hybridized carbons (Fsp3) is 0.100. The minimum absolute atomic E-state index is 0.0511. The van der Waals surface area contributed by atoms with E-state index in [-0.39, 0.29) is 32.8 Å². The maximum atomic E-state index is 14.0. The molecule has 0 bridgehead atoms. The van der Waals surface area contributed by atoms with E-state index >= 15 is 0 Å². The molecule has 1 aliphatic heterocycles. The van der Waals surface area contributed by atoms with E-state index < -0.39 is 23.4 Å². The Labute approximate surface area is 243 Å². The number of nitrogens with one attached hydrogen (secondary N) is 1. The molecule has 0 aliphatic carbocycles. The number of ether oxygens (including phenoxy) is 1. The van der Waals surface area contributed by atoms with Crippen molar-refractivity contribution in [1.29, 1.82) is 0 Å². The van der Waals surface area contributed by atoms with Gasteiger partial charge in [-0.05, 0) is 48.4 Å². The number of hydrogen-bond acceptors (Lipinski definition) is 6. The lowest BCUT2D eigenvalue weighted by atomic mass is 9.82. The number of hydrogen-bond donors (Lipinski definition) is 2. The Morgan fingerprint density at radius 3 is 2.30 bits per heavy atom. The van der Waals surface area contributed by atoms with E-state index in [1.165, 1.54) is 4.57 Å². The van der Waals surface area contributed by atoms with Gasteiger partial charge in [-0.2, -0.15) is 0 Å². The molecule has 40 heavy (non-hydrogen) atoms. The first-order valence-electron chi connectivity index (χ1n) is 12.3. The Bertz CT molecular complexity index is 1840. The molecule has 0 radical (unpaired) electrons. The zero-order chi connectivity index (χ0) is 28.4. The zero-order valence-corrected chi connectivity index (χ0v) is 23.5. The third-order valence-electron chi connectivity index (χ3n) is 6.33. The number of thiazole rings is 1. The molecule has 3 aromatic carbocycles. The van der Waals surface area contributed by atoms with Crippen LogP contribution < -0.4 is 25.8 Å². The number of anilines is 1. The number of nitrogens with zero attached hydrogens (tertiary/aromatic N) is 1. The summed E-state index contributed by atoms with van der Waals surface area (Å²) in [6.45, 7) is 1.72. The van der Waals surface area contributed by atoms with Gasteiger partial charge in [-0.1, -0.05) is 77.8 Å². The van der Waals surface area contributed by atoms with E-state index in [1.807, 2.05) is 6.07 Å². The second-order valence-electron chi connectivity index (χ2n) is 8.79. The summed E-state index contributed by atoms with van der Waals surface area (Å²) in [5.41, 5.74) is 7.78. The number of halogens is 2. The molecule has 10 heteroatoms. The van der Waals surface area contributed by atoms with Crippen LogP contribution in [0, 0.1) is 0 Å². The third kappa shape index (κ3) is 5.09. The zero-order valence-electron chi connectivity index (χ0n) is 21.2. The third-order valence-corrected chi connectivity index (χ3v) is 8.12. The molecule has 3 N–H and O–H groups in total. The van der Waals surface area contributed by atoms with Crippen LogP contribution in [0.2, 0.25) is 10.0 Å². The average molecular weight is 593 g/mol. The molecule has 1 aliphatic rings. The Hall–Kier alpha value is -4.11. The quantitative estimate of drug-likeness (QED) is 0.325. The number of benzene rings is 3. The number of aromatic nitrogens is 1. The molecule has 1 aromatic heterocycles. The van der Waals surface area contributed by atoms with Gasteiger partial charge in [0, 0.05) is 15.7 Å². The summed E-state index contributed by atoms with van der Waals surface area (Å²) in [6, 6.07) is 22.8. The first-order valence-corrected chi connectivity index (χ1v) is 13.9. The molecule has 1 atom stereocenters. The highest BCUT2D eigenvalue weighted by molar-refractivity contribution is 7.07. The van der Waals surface area contributed by atoms with Crippen LogP contribution in [0.5, 0.6) is 0 Å². The first-order chi connectivity index (χ1) is 19.3. The first kappa shape index (κ1) is 27.5. The highest BCUT2D eigenvalue weighted by atomic mass is 35.5. The number of esters is 1. The maximum absolute atomic E-state index is 14.0. The molecule has 202 valence electrons. The average Bonchev–Trinajstić information content (AvgIpc) is 3.26. The molecule has 0 spiro atoms. The lowest BCUT2D eigenvalue weighted by molar-refractivity contribution is -0.138. The Balaban J connectivity index is 1.87. The number of carbonyl (C=O) groups is 2. The monoisotopic (exact) mass is 591 g/mol. The lowest BCUT2D eigenvalue weighted by Gasteiger charge is -2.28. The van der Waals surface area contributed by atoms with Crippen LogP contribution >= 0.6 is 34.5 Å². The predicted octanol–water partition coefficient (Wildman–Crippen LogP) is 4.32. The highest BCUT2D eigenvalue weighted by Crippen LogP contribution is 2.40. The SMILES string of the molecule is CCOC(=O)C1=C(N)n2c(s/c(=C\c3ccccc3Cl)c2=O)=C(C(=O)Nc2ccccc2)C1c1ccccc1Cl. The number of amides is 1. The van der Waals surface area contributed by atoms with Crippen molar-refractivity contribution in [1.82, 2.24) is 4.57 Å². The summed E-state index contributed by atoms with van der Waals surface area (Å²) in [5.74, 6) is -2.42. The molecule has 7 nitrogen and oxygen atoms in total. The van der Waals surface area contributed by atoms with E-state index in [0.29, 0.717) is 26.9 Å². The van der Waals surface area contributed by atoms with Crippen molar-refractivity contribution in [3.8, 4) is 0 Å². The molecule has 1 amide bonds. The summed E-state index contributed by atoms with van der Waals surface area (Å²) in [7, 11) is 0. The fourth-order valence-corrected chi connectivity index (χ4v) is 6.15. The van der Waals surface area contributed by atoms with Gasteiger partial charge in [0.05, 0.1) is 28.2 Å². The van der Waals surface area contributed by atoms with Crippen LogP contribution in [0.15, 0.2) is 89.2 Å². The number of nitrogens with two attached hydrogens (primary N) is 1. The molecule has 1 unspecified atom stereocenters. The molecule has 0 saturated heterocycles. The van der Waals surface area contributed by atoms with Gasteiger partial charge in [0.2, 0.25) is 0 Å². The summed E-state index contributed by atoms with van der Waals surface area (Å²) in [6.07, 6.45) is 1.63. The molecule has 5 rings (SSSR count). The number of rotatable bonds is 6. The predicted molar refractivity (Wildman–Crippen MR) is 160 cm³/mol. The Morgan fingerprint density at radius 1 is 0.975 bits per heavy atom. The smallest absolute Gasteiger partial charge is 0.338 e. The highest BCUT2D eigenvalue weighted by Gasteiger charge is 2.40. The second kappa shape index (κ2) is 11.6. The maximum Gasteiger partial charge on any atom is 0.338 e. The fourth-order valence-electron chi connectivity index (χ4n) is 4.55. The van der Waals surface area contributed by atoms with E-state index in [2.05, 4.69) is 5.32 Å². The van der Waals surface area contributed by atoms with Crippen LogP contribution in [0.1, 0.15) is 24.0 Å². The summed E-state index contributed by atoms with van der Waals surface area (Å²) in [5, 5.41) is 3.67. The molecular weight excluding hydrogens is 569 g/mol. The number of para-hydroxylation sites is 1. The molecule has 0 saturated carbocycles. The second-order valence-corrected chi connectivity index (χ2v) is 10.6. The van der Waals surface area contributed by atoms with Crippen LogP contribution in [0.3, 0.4) is 0 Å². The van der Waals surface area contributed by atoms with Crippen LogP contribution in [-0.4, -0.2) is 23.1 Å². The van der Waals surface area contributed by atoms with Crippen LogP contribution in [-0.2, 0) is 14.3 Å². The van der Waals surface area contributed by atoms with Gasteiger partial charge < -0.3 is 15.8 Å². The van der Waals surface area contributed by atoms with Crippen molar-refractivity contribution in [2.24, 2.45) is 5.73 Å².